The molecule has 0 saturated carbocycles. The number of carbonyl (C=O) groups excluding carboxylic acids is 1. The van der Waals surface area contributed by atoms with Crippen LogP contribution in [0, 0.1) is 5.82 Å². The van der Waals surface area contributed by atoms with Gasteiger partial charge in [-0.1, -0.05) is 49.4 Å². The largest absolute Gasteiger partial charge is 0.325 e. The van der Waals surface area contributed by atoms with Gasteiger partial charge in [0.05, 0.1) is 5.92 Å². The average Bonchev–Trinajstić information content (AvgIpc) is 3.06. The summed E-state index contributed by atoms with van der Waals surface area (Å²) >= 11 is 1.70. The zero-order valence-electron chi connectivity index (χ0n) is 13.1. The van der Waals surface area contributed by atoms with Crippen LogP contribution in [0.15, 0.2) is 54.6 Å². The third-order valence-corrected chi connectivity index (χ3v) is 5.48. The highest BCUT2D eigenvalue weighted by Gasteiger charge is 2.34. The van der Waals surface area contributed by atoms with E-state index in [0.717, 1.165) is 23.3 Å². The molecule has 1 amide bonds. The normalized spacial score (nSPS) is 18.9. The van der Waals surface area contributed by atoms with E-state index in [2.05, 4.69) is 0 Å². The highest BCUT2D eigenvalue weighted by molar-refractivity contribution is 7.99. The molecule has 1 heterocycles. The first-order valence-electron chi connectivity index (χ1n) is 7.93. The van der Waals surface area contributed by atoms with Gasteiger partial charge in [-0.25, -0.2) is 4.39 Å². The first-order chi connectivity index (χ1) is 11.2. The summed E-state index contributed by atoms with van der Waals surface area (Å²) in [6.45, 7) is 2.75. The number of hydrogen-bond donors (Lipinski definition) is 0. The highest BCUT2D eigenvalue weighted by Crippen LogP contribution is 2.40. The van der Waals surface area contributed by atoms with Crippen LogP contribution in [-0.4, -0.2) is 23.1 Å². The minimum absolute atomic E-state index is 0.0871. The molecule has 2 unspecified atom stereocenters. The quantitative estimate of drug-likeness (QED) is 0.817. The fourth-order valence-electron chi connectivity index (χ4n) is 3.07. The Morgan fingerprint density at radius 2 is 2.04 bits per heavy atom. The summed E-state index contributed by atoms with van der Waals surface area (Å²) in [5, 5.41) is -0.0871. The molecule has 0 spiro atoms. The molecule has 2 aromatic rings. The lowest BCUT2D eigenvalue weighted by atomic mass is 9.95. The third-order valence-electron chi connectivity index (χ3n) is 4.22. The molecule has 3 rings (SSSR count). The molecule has 0 bridgehead atoms. The molecular weight excluding hydrogens is 309 g/mol. The fourth-order valence-corrected chi connectivity index (χ4v) is 4.32. The predicted molar refractivity (Wildman–Crippen MR) is 92.8 cm³/mol. The highest BCUT2D eigenvalue weighted by atomic mass is 32.2. The number of amides is 1. The molecule has 0 radical (unpaired) electrons. The van der Waals surface area contributed by atoms with Crippen molar-refractivity contribution in [3.8, 4) is 0 Å². The van der Waals surface area contributed by atoms with Crippen LogP contribution in [-0.2, 0) is 4.79 Å². The number of benzene rings is 2. The maximum atomic E-state index is 13.5. The van der Waals surface area contributed by atoms with Crippen molar-refractivity contribution >= 4 is 17.7 Å². The predicted octanol–water partition coefficient (Wildman–Crippen LogP) is 4.59. The van der Waals surface area contributed by atoms with Crippen LogP contribution >= 0.6 is 11.8 Å². The van der Waals surface area contributed by atoms with E-state index in [0.29, 0.717) is 6.54 Å². The van der Waals surface area contributed by atoms with E-state index in [9.17, 15) is 9.18 Å². The van der Waals surface area contributed by atoms with E-state index >= 15 is 0 Å². The molecule has 2 atom stereocenters. The first kappa shape index (κ1) is 16.1. The molecule has 0 aromatic heterocycles. The van der Waals surface area contributed by atoms with Crippen LogP contribution < -0.4 is 0 Å². The van der Waals surface area contributed by atoms with Gasteiger partial charge in [0.15, 0.2) is 0 Å². The first-order valence-corrected chi connectivity index (χ1v) is 8.98. The van der Waals surface area contributed by atoms with E-state index in [1.165, 1.54) is 12.1 Å². The van der Waals surface area contributed by atoms with Crippen molar-refractivity contribution in [2.45, 2.75) is 24.6 Å². The number of carbonyl (C=O) groups is 1. The summed E-state index contributed by atoms with van der Waals surface area (Å²) in [5.41, 5.74) is 1.92. The SMILES string of the molecule is CCC(C(=O)N1CCSC1c1cccc(F)c1)c1ccccc1. The Morgan fingerprint density at radius 3 is 2.74 bits per heavy atom. The van der Waals surface area contributed by atoms with Gasteiger partial charge in [-0.15, -0.1) is 11.8 Å². The summed E-state index contributed by atoms with van der Waals surface area (Å²) in [7, 11) is 0. The molecule has 1 aliphatic rings. The molecule has 1 fully saturated rings. The lowest BCUT2D eigenvalue weighted by molar-refractivity contribution is -0.133. The lowest BCUT2D eigenvalue weighted by Crippen LogP contribution is -2.34. The van der Waals surface area contributed by atoms with Crippen LogP contribution in [0.4, 0.5) is 4.39 Å². The Kier molecular flexibility index (Phi) is 5.01. The van der Waals surface area contributed by atoms with Gasteiger partial charge in [0.1, 0.15) is 11.2 Å². The summed E-state index contributed by atoms with van der Waals surface area (Å²) in [6, 6.07) is 16.5. The topological polar surface area (TPSA) is 20.3 Å². The van der Waals surface area contributed by atoms with Crippen molar-refractivity contribution in [3.05, 3.63) is 71.5 Å². The van der Waals surface area contributed by atoms with Gasteiger partial charge in [0.2, 0.25) is 5.91 Å². The molecule has 0 aliphatic carbocycles. The van der Waals surface area contributed by atoms with Gasteiger partial charge in [-0.3, -0.25) is 4.79 Å². The Labute approximate surface area is 140 Å². The van der Waals surface area contributed by atoms with Gasteiger partial charge in [0, 0.05) is 12.3 Å². The van der Waals surface area contributed by atoms with E-state index in [-0.39, 0.29) is 23.0 Å². The molecule has 120 valence electrons. The second-order valence-corrected chi connectivity index (χ2v) is 6.87. The summed E-state index contributed by atoms with van der Waals surface area (Å²) in [6.07, 6.45) is 0.764. The van der Waals surface area contributed by atoms with Gasteiger partial charge in [-0.05, 0) is 29.7 Å². The van der Waals surface area contributed by atoms with Crippen molar-refractivity contribution in [1.29, 1.82) is 0 Å². The minimum atomic E-state index is -0.252. The lowest BCUT2D eigenvalue weighted by Gasteiger charge is -2.28. The smallest absolute Gasteiger partial charge is 0.231 e. The summed E-state index contributed by atoms with van der Waals surface area (Å²) in [4.78, 5) is 15.0. The molecular formula is C19H20FNOS. The van der Waals surface area contributed by atoms with Gasteiger partial charge in [0.25, 0.3) is 0 Å². The molecule has 1 aliphatic heterocycles. The van der Waals surface area contributed by atoms with E-state index < -0.39 is 0 Å². The number of nitrogens with zero attached hydrogens (tertiary/aromatic N) is 1. The summed E-state index contributed by atoms with van der Waals surface area (Å²) in [5.74, 6) is 0.638. The molecule has 0 N–H and O–H groups in total. The van der Waals surface area contributed by atoms with Crippen LogP contribution in [0.3, 0.4) is 0 Å². The van der Waals surface area contributed by atoms with Crippen LogP contribution in [0.1, 0.15) is 35.8 Å². The molecule has 2 nitrogen and oxygen atoms in total. The molecule has 1 saturated heterocycles. The Morgan fingerprint density at radius 1 is 1.26 bits per heavy atom. The molecule has 4 heteroatoms. The summed E-state index contributed by atoms with van der Waals surface area (Å²) < 4.78 is 13.5. The third kappa shape index (κ3) is 3.42. The van der Waals surface area contributed by atoms with Gasteiger partial charge >= 0.3 is 0 Å². The number of rotatable bonds is 4. The fraction of sp³-hybridized carbons (Fsp3) is 0.316. The van der Waals surface area contributed by atoms with E-state index in [1.54, 1.807) is 17.8 Å². The second kappa shape index (κ2) is 7.18. The maximum Gasteiger partial charge on any atom is 0.231 e. The Balaban J connectivity index is 1.85. The average molecular weight is 329 g/mol. The monoisotopic (exact) mass is 329 g/mol. The Bertz CT molecular complexity index is 676. The van der Waals surface area contributed by atoms with Crippen LogP contribution in [0.25, 0.3) is 0 Å². The molecule has 2 aromatic carbocycles. The number of hydrogen-bond acceptors (Lipinski definition) is 2. The van der Waals surface area contributed by atoms with Crippen LogP contribution in [0.2, 0.25) is 0 Å². The van der Waals surface area contributed by atoms with Crippen molar-refractivity contribution in [2.75, 3.05) is 12.3 Å². The van der Waals surface area contributed by atoms with Crippen molar-refractivity contribution < 1.29 is 9.18 Å². The zero-order valence-corrected chi connectivity index (χ0v) is 13.9. The molecule has 23 heavy (non-hydrogen) atoms. The standard InChI is InChI=1S/C19H20FNOS/c1-2-17(14-7-4-3-5-8-14)18(22)21-11-12-23-19(21)15-9-6-10-16(20)13-15/h3-10,13,17,19H,2,11-12H2,1H3. The maximum absolute atomic E-state index is 13.5. The van der Waals surface area contributed by atoms with Crippen molar-refractivity contribution in [3.63, 3.8) is 0 Å². The van der Waals surface area contributed by atoms with Crippen LogP contribution in [0.5, 0.6) is 0 Å². The number of halogens is 1. The van der Waals surface area contributed by atoms with Crippen molar-refractivity contribution in [2.24, 2.45) is 0 Å². The minimum Gasteiger partial charge on any atom is -0.325 e. The van der Waals surface area contributed by atoms with E-state index in [4.69, 9.17) is 0 Å². The van der Waals surface area contributed by atoms with E-state index in [1.807, 2.05) is 48.2 Å². The Hall–Kier alpha value is -1.81. The van der Waals surface area contributed by atoms with Crippen molar-refractivity contribution in [1.82, 2.24) is 4.90 Å². The van der Waals surface area contributed by atoms with Gasteiger partial charge < -0.3 is 4.90 Å². The zero-order chi connectivity index (χ0) is 16.2. The number of thioether (sulfide) groups is 1. The van der Waals surface area contributed by atoms with Gasteiger partial charge in [-0.2, -0.15) is 0 Å². The second-order valence-electron chi connectivity index (χ2n) is 5.68.